The number of carboxylic acids is 1. The van der Waals surface area contributed by atoms with Gasteiger partial charge < -0.3 is 14.6 Å². The zero-order valence-electron chi connectivity index (χ0n) is 20.7. The van der Waals surface area contributed by atoms with Crippen molar-refractivity contribution in [2.24, 2.45) is 11.8 Å². The van der Waals surface area contributed by atoms with E-state index in [9.17, 15) is 14.3 Å². The molecule has 2 unspecified atom stereocenters. The van der Waals surface area contributed by atoms with Gasteiger partial charge in [-0.2, -0.15) is 0 Å². The van der Waals surface area contributed by atoms with Crippen molar-refractivity contribution in [3.63, 3.8) is 0 Å². The number of halogens is 1. The average molecular weight is 492 g/mol. The molecule has 0 bridgehead atoms. The van der Waals surface area contributed by atoms with Crippen LogP contribution in [0.2, 0.25) is 0 Å². The van der Waals surface area contributed by atoms with Crippen LogP contribution in [0, 0.1) is 17.7 Å². The first-order valence-corrected chi connectivity index (χ1v) is 12.5. The van der Waals surface area contributed by atoms with Gasteiger partial charge in [-0.05, 0) is 61.1 Å². The van der Waals surface area contributed by atoms with Gasteiger partial charge in [0.05, 0.1) is 42.5 Å². The Morgan fingerprint density at radius 1 is 1.22 bits per heavy atom. The second-order valence-electron chi connectivity index (χ2n) is 9.65. The van der Waals surface area contributed by atoms with Gasteiger partial charge in [-0.3, -0.25) is 14.8 Å². The second kappa shape index (κ2) is 9.84. The summed E-state index contributed by atoms with van der Waals surface area (Å²) in [5.74, 6) is -0.225. The van der Waals surface area contributed by atoms with Gasteiger partial charge in [0.2, 0.25) is 5.88 Å². The number of aliphatic carboxylic acids is 1. The minimum Gasteiger partial charge on any atom is -0.484 e. The fourth-order valence-corrected chi connectivity index (χ4v) is 5.16. The lowest BCUT2D eigenvalue weighted by Gasteiger charge is -2.28. The molecule has 3 heterocycles. The number of ether oxygens (including phenoxy) is 2. The molecule has 3 aromatic rings. The van der Waals surface area contributed by atoms with E-state index in [0.29, 0.717) is 40.9 Å². The number of nitrogens with zero attached hydrogens (tertiary/aromatic N) is 3. The van der Waals surface area contributed by atoms with Crippen LogP contribution in [-0.4, -0.2) is 33.1 Å². The third-order valence-corrected chi connectivity index (χ3v) is 7.30. The molecule has 1 saturated carbocycles. The molecule has 0 radical (unpaired) electrons. The number of rotatable bonds is 8. The fourth-order valence-electron chi connectivity index (χ4n) is 5.16. The summed E-state index contributed by atoms with van der Waals surface area (Å²) in [6.45, 7) is 3.75. The van der Waals surface area contributed by atoms with Gasteiger partial charge in [-0.15, -0.1) is 0 Å². The maximum absolute atomic E-state index is 14.6. The van der Waals surface area contributed by atoms with Gasteiger partial charge in [-0.25, -0.2) is 9.37 Å². The molecule has 0 spiro atoms. The molecule has 8 heteroatoms. The molecule has 36 heavy (non-hydrogen) atoms. The van der Waals surface area contributed by atoms with Crippen LogP contribution >= 0.6 is 0 Å². The Morgan fingerprint density at radius 2 is 2.03 bits per heavy atom. The van der Waals surface area contributed by atoms with Crippen molar-refractivity contribution in [2.45, 2.75) is 58.0 Å². The van der Waals surface area contributed by atoms with Crippen LogP contribution in [0.1, 0.15) is 67.6 Å². The molecular formula is C28H30FN3O4. The molecule has 188 valence electrons. The van der Waals surface area contributed by atoms with Crippen LogP contribution in [0.3, 0.4) is 0 Å². The number of carboxylic acid groups (broad SMARTS) is 1. The van der Waals surface area contributed by atoms with E-state index in [2.05, 4.69) is 22.1 Å². The molecule has 1 aliphatic carbocycles. The standard InChI is InChI=1S/C28H30FN3O4/c1-4-21-27(19-12-25(35-3)30-13-20(19)29)31-14-22(32-21)23-10-9-16-5-8-18(11-24(16)36-23)26(17-6-7-17)15(2)28(33)34/h5,8,11-15,17,23,26H,4,6-7,9-10H2,1-3H3,(H,33,34)/t15?,23-,26?/m0/s1. The van der Waals surface area contributed by atoms with E-state index in [4.69, 9.17) is 14.5 Å². The van der Waals surface area contributed by atoms with Crippen LogP contribution in [0.15, 0.2) is 36.7 Å². The smallest absolute Gasteiger partial charge is 0.306 e. The highest BCUT2D eigenvalue weighted by Crippen LogP contribution is 2.48. The Morgan fingerprint density at radius 3 is 2.72 bits per heavy atom. The Labute approximate surface area is 209 Å². The molecule has 1 N–H and O–H groups in total. The monoisotopic (exact) mass is 491 g/mol. The molecule has 1 fully saturated rings. The summed E-state index contributed by atoms with van der Waals surface area (Å²) in [6, 6.07) is 7.68. The predicted molar refractivity (Wildman–Crippen MR) is 132 cm³/mol. The van der Waals surface area contributed by atoms with E-state index < -0.39 is 17.7 Å². The number of benzene rings is 1. The van der Waals surface area contributed by atoms with Crippen LogP contribution < -0.4 is 9.47 Å². The number of fused-ring (bicyclic) bond motifs is 1. The molecule has 1 aliphatic heterocycles. The van der Waals surface area contributed by atoms with Crippen molar-refractivity contribution in [2.75, 3.05) is 7.11 Å². The Hall–Kier alpha value is -3.55. The summed E-state index contributed by atoms with van der Waals surface area (Å²) in [6.07, 6.45) is 6.77. The van der Waals surface area contributed by atoms with E-state index in [1.165, 1.54) is 13.2 Å². The number of hydrogen-bond acceptors (Lipinski definition) is 6. The van der Waals surface area contributed by atoms with E-state index >= 15 is 0 Å². The van der Waals surface area contributed by atoms with Crippen LogP contribution in [0.25, 0.3) is 11.3 Å². The van der Waals surface area contributed by atoms with Crippen molar-refractivity contribution in [3.05, 3.63) is 65.0 Å². The Bertz CT molecular complexity index is 1290. The van der Waals surface area contributed by atoms with Crippen molar-refractivity contribution in [1.82, 2.24) is 15.0 Å². The highest BCUT2D eigenvalue weighted by atomic mass is 19.1. The van der Waals surface area contributed by atoms with E-state index in [1.54, 1.807) is 13.1 Å². The lowest BCUT2D eigenvalue weighted by atomic mass is 9.82. The van der Waals surface area contributed by atoms with Crippen molar-refractivity contribution in [1.29, 1.82) is 0 Å². The topological polar surface area (TPSA) is 94.4 Å². The number of pyridine rings is 1. The molecule has 2 aliphatic rings. The number of hydrogen-bond donors (Lipinski definition) is 1. The van der Waals surface area contributed by atoms with Crippen molar-refractivity contribution < 1.29 is 23.8 Å². The van der Waals surface area contributed by atoms with Gasteiger partial charge >= 0.3 is 5.97 Å². The summed E-state index contributed by atoms with van der Waals surface area (Å²) in [7, 11) is 1.48. The lowest BCUT2D eigenvalue weighted by Crippen LogP contribution is -2.22. The van der Waals surface area contributed by atoms with Crippen LogP contribution in [-0.2, 0) is 17.6 Å². The summed E-state index contributed by atoms with van der Waals surface area (Å²) in [5.41, 5.74) is 4.27. The van der Waals surface area contributed by atoms with Crippen molar-refractivity contribution in [3.8, 4) is 22.9 Å². The molecule has 5 rings (SSSR count). The summed E-state index contributed by atoms with van der Waals surface area (Å²) in [5, 5.41) is 9.64. The molecular weight excluding hydrogens is 461 g/mol. The minimum absolute atomic E-state index is 0.0187. The first-order chi connectivity index (χ1) is 17.4. The van der Waals surface area contributed by atoms with Gasteiger partial charge in [0, 0.05) is 11.6 Å². The van der Waals surface area contributed by atoms with Crippen LogP contribution in [0.4, 0.5) is 4.39 Å². The fraction of sp³-hybridized carbons (Fsp3) is 0.429. The normalized spacial score (nSPS) is 18.6. The number of aryl methyl sites for hydroxylation is 2. The number of aromatic nitrogens is 3. The molecule has 1 aromatic carbocycles. The Balaban J connectivity index is 1.43. The summed E-state index contributed by atoms with van der Waals surface area (Å²) in [4.78, 5) is 25.0. The summed E-state index contributed by atoms with van der Waals surface area (Å²) < 4.78 is 26.1. The number of methoxy groups -OCH3 is 1. The predicted octanol–water partition coefficient (Wildman–Crippen LogP) is 5.53. The molecule has 7 nitrogen and oxygen atoms in total. The van der Waals surface area contributed by atoms with E-state index in [0.717, 1.165) is 48.8 Å². The third kappa shape index (κ3) is 4.64. The maximum Gasteiger partial charge on any atom is 0.306 e. The average Bonchev–Trinajstić information content (AvgIpc) is 3.73. The molecule has 0 amide bonds. The largest absolute Gasteiger partial charge is 0.484 e. The van der Waals surface area contributed by atoms with Gasteiger partial charge in [0.25, 0.3) is 0 Å². The number of carbonyl (C=O) groups is 1. The highest BCUT2D eigenvalue weighted by Gasteiger charge is 2.39. The van der Waals surface area contributed by atoms with E-state index in [-0.39, 0.29) is 12.0 Å². The molecule has 0 saturated heterocycles. The zero-order valence-corrected chi connectivity index (χ0v) is 20.7. The van der Waals surface area contributed by atoms with E-state index in [1.807, 2.05) is 13.0 Å². The van der Waals surface area contributed by atoms with Crippen molar-refractivity contribution >= 4 is 5.97 Å². The van der Waals surface area contributed by atoms with Crippen LogP contribution in [0.5, 0.6) is 11.6 Å². The lowest BCUT2D eigenvalue weighted by molar-refractivity contribution is -0.142. The summed E-state index contributed by atoms with van der Waals surface area (Å²) >= 11 is 0. The highest BCUT2D eigenvalue weighted by molar-refractivity contribution is 5.71. The SMILES string of the molecule is CCc1nc([C@@H]2CCc3ccc(C(C4CC4)C(C)C(=O)O)cc3O2)cnc1-c1cc(OC)ncc1F. The Kier molecular flexibility index (Phi) is 6.60. The molecule has 3 atom stereocenters. The molecule has 2 aromatic heterocycles. The first-order valence-electron chi connectivity index (χ1n) is 12.5. The second-order valence-corrected chi connectivity index (χ2v) is 9.65. The maximum atomic E-state index is 14.6. The first kappa shape index (κ1) is 24.2. The van der Waals surface area contributed by atoms with Gasteiger partial charge in [0.1, 0.15) is 11.9 Å². The zero-order chi connectivity index (χ0) is 25.4. The minimum atomic E-state index is -0.769. The van der Waals surface area contributed by atoms with Gasteiger partial charge in [-0.1, -0.05) is 26.0 Å². The quantitative estimate of drug-likeness (QED) is 0.443. The third-order valence-electron chi connectivity index (χ3n) is 7.30. The van der Waals surface area contributed by atoms with Gasteiger partial charge in [0.15, 0.2) is 5.82 Å².